The number of aromatic nitrogens is 2. The fourth-order valence-corrected chi connectivity index (χ4v) is 2.84. The number of anilines is 1. The van der Waals surface area contributed by atoms with Crippen molar-refractivity contribution in [1.82, 2.24) is 15.3 Å². The summed E-state index contributed by atoms with van der Waals surface area (Å²) in [7, 11) is 0. The summed E-state index contributed by atoms with van der Waals surface area (Å²) in [5.41, 5.74) is 5.56. The molecular weight excluding hydrogens is 384 g/mol. The summed E-state index contributed by atoms with van der Waals surface area (Å²) in [5, 5.41) is 4.72. The number of aryl methyl sites for hydroxylation is 4. The van der Waals surface area contributed by atoms with Crippen LogP contribution in [0.4, 0.5) is 10.5 Å². The van der Waals surface area contributed by atoms with Gasteiger partial charge in [0.15, 0.2) is 6.61 Å². The Bertz CT molecular complexity index is 1160. The second kappa shape index (κ2) is 8.69. The maximum atomic E-state index is 12.2. The summed E-state index contributed by atoms with van der Waals surface area (Å²) >= 11 is 0. The van der Waals surface area contributed by atoms with Crippen molar-refractivity contribution in [2.24, 2.45) is 0 Å². The lowest BCUT2D eigenvalue weighted by Crippen LogP contribution is -2.37. The van der Waals surface area contributed by atoms with Gasteiger partial charge in [-0.2, -0.15) is 0 Å². The van der Waals surface area contributed by atoms with Crippen molar-refractivity contribution < 1.29 is 19.1 Å². The Balaban J connectivity index is 1.56. The fourth-order valence-electron chi connectivity index (χ4n) is 2.84. The number of hydrogen-bond donors (Lipinski definition) is 2. The lowest BCUT2D eigenvalue weighted by Gasteiger charge is -2.10. The van der Waals surface area contributed by atoms with Gasteiger partial charge in [-0.1, -0.05) is 17.7 Å². The zero-order valence-electron chi connectivity index (χ0n) is 17.2. The Labute approximate surface area is 173 Å². The molecule has 0 fully saturated rings. The number of esters is 1. The Morgan fingerprint density at radius 1 is 0.900 bits per heavy atom. The molecule has 0 unspecified atom stereocenters. The lowest BCUT2D eigenvalue weighted by atomic mass is 10.1. The highest BCUT2D eigenvalue weighted by Gasteiger charge is 2.14. The van der Waals surface area contributed by atoms with E-state index in [1.165, 1.54) is 0 Å². The van der Waals surface area contributed by atoms with Crippen LogP contribution < -0.4 is 10.6 Å². The minimum Gasteiger partial charge on any atom is -0.452 e. The number of amides is 3. The Morgan fingerprint density at radius 3 is 2.30 bits per heavy atom. The van der Waals surface area contributed by atoms with Gasteiger partial charge in [-0.05, 0) is 57.5 Å². The molecule has 0 radical (unpaired) electrons. The van der Waals surface area contributed by atoms with E-state index in [-0.39, 0.29) is 5.56 Å². The first-order valence-electron chi connectivity index (χ1n) is 9.33. The van der Waals surface area contributed by atoms with Crippen molar-refractivity contribution in [3.8, 4) is 0 Å². The first-order chi connectivity index (χ1) is 14.2. The van der Waals surface area contributed by atoms with Gasteiger partial charge in [0.2, 0.25) is 0 Å². The molecule has 2 N–H and O–H groups in total. The van der Waals surface area contributed by atoms with E-state index in [0.717, 1.165) is 22.5 Å². The summed E-state index contributed by atoms with van der Waals surface area (Å²) in [5.74, 6) is -1.43. The van der Waals surface area contributed by atoms with Crippen molar-refractivity contribution in [3.05, 3.63) is 64.5 Å². The molecule has 3 aromatic rings. The highest BCUT2D eigenvalue weighted by atomic mass is 16.5. The molecule has 0 atom stereocenters. The molecule has 0 bridgehead atoms. The van der Waals surface area contributed by atoms with E-state index >= 15 is 0 Å². The second-order valence-corrected chi connectivity index (χ2v) is 6.99. The van der Waals surface area contributed by atoms with Crippen LogP contribution in [0.15, 0.2) is 36.4 Å². The number of hydrogen-bond acceptors (Lipinski definition) is 6. The summed E-state index contributed by atoms with van der Waals surface area (Å²) in [4.78, 5) is 45.0. The van der Waals surface area contributed by atoms with E-state index < -0.39 is 24.5 Å². The van der Waals surface area contributed by atoms with Gasteiger partial charge >= 0.3 is 12.0 Å². The van der Waals surface area contributed by atoms with E-state index in [1.54, 1.807) is 24.3 Å². The molecule has 8 nitrogen and oxygen atoms in total. The van der Waals surface area contributed by atoms with Crippen molar-refractivity contribution in [1.29, 1.82) is 0 Å². The number of benzene rings is 2. The van der Waals surface area contributed by atoms with Gasteiger partial charge in [0.05, 0.1) is 28.0 Å². The smallest absolute Gasteiger partial charge is 0.338 e. The predicted molar refractivity (Wildman–Crippen MR) is 112 cm³/mol. The number of imide groups is 1. The summed E-state index contributed by atoms with van der Waals surface area (Å²) in [6.07, 6.45) is 0. The quantitative estimate of drug-likeness (QED) is 0.643. The van der Waals surface area contributed by atoms with Crippen LogP contribution >= 0.6 is 0 Å². The molecule has 30 heavy (non-hydrogen) atoms. The molecule has 0 saturated carbocycles. The van der Waals surface area contributed by atoms with Crippen molar-refractivity contribution in [2.75, 3.05) is 11.9 Å². The number of carbonyl (C=O) groups is 3. The van der Waals surface area contributed by atoms with Crippen LogP contribution in [0.25, 0.3) is 11.0 Å². The molecule has 0 aliphatic carbocycles. The number of ether oxygens (including phenoxy) is 1. The van der Waals surface area contributed by atoms with Gasteiger partial charge < -0.3 is 10.1 Å². The lowest BCUT2D eigenvalue weighted by molar-refractivity contribution is -0.123. The number of fused-ring (bicyclic) bond motifs is 1. The van der Waals surface area contributed by atoms with Gasteiger partial charge in [0.1, 0.15) is 0 Å². The number of rotatable bonds is 4. The largest absolute Gasteiger partial charge is 0.452 e. The number of carbonyl (C=O) groups excluding carboxylic acids is 3. The van der Waals surface area contributed by atoms with Gasteiger partial charge in [0, 0.05) is 5.69 Å². The maximum Gasteiger partial charge on any atom is 0.338 e. The van der Waals surface area contributed by atoms with Crippen LogP contribution in [0.2, 0.25) is 0 Å². The van der Waals surface area contributed by atoms with Gasteiger partial charge in [-0.3, -0.25) is 10.1 Å². The van der Waals surface area contributed by atoms with Crippen LogP contribution in [0.5, 0.6) is 0 Å². The molecule has 1 heterocycles. The minimum absolute atomic E-state index is 0.243. The van der Waals surface area contributed by atoms with E-state index in [9.17, 15) is 14.4 Å². The SMILES string of the molecule is Cc1ccc(NC(=O)NC(=O)COC(=O)c2ccc3nc(C)c(C)nc3c2)c(C)c1. The molecule has 2 aromatic carbocycles. The zero-order chi connectivity index (χ0) is 21.8. The maximum absolute atomic E-state index is 12.2. The minimum atomic E-state index is -0.738. The number of nitrogens with one attached hydrogen (secondary N) is 2. The van der Waals surface area contributed by atoms with Crippen molar-refractivity contribution in [2.45, 2.75) is 27.7 Å². The molecule has 1 aromatic heterocycles. The standard InChI is InChI=1S/C22H22N4O4/c1-12-5-7-17(13(2)9-12)25-22(29)26-20(27)11-30-21(28)16-6-8-18-19(10-16)24-15(4)14(3)23-18/h5-10H,11H2,1-4H3,(H2,25,26,27,29). The summed E-state index contributed by atoms with van der Waals surface area (Å²) in [6.45, 7) is 6.90. The predicted octanol–water partition coefficient (Wildman–Crippen LogP) is 3.37. The average molecular weight is 406 g/mol. The van der Waals surface area contributed by atoms with Crippen LogP contribution in [0.1, 0.15) is 32.9 Å². The molecule has 0 aliphatic rings. The molecule has 8 heteroatoms. The fraction of sp³-hybridized carbons (Fsp3) is 0.227. The molecule has 154 valence electrons. The molecule has 3 rings (SSSR count). The molecular formula is C22H22N4O4. The molecule has 0 aliphatic heterocycles. The Kier molecular flexibility index (Phi) is 6.06. The van der Waals surface area contributed by atoms with Gasteiger partial charge in [0.25, 0.3) is 5.91 Å². The monoisotopic (exact) mass is 406 g/mol. The van der Waals surface area contributed by atoms with Gasteiger partial charge in [-0.25, -0.2) is 19.6 Å². The third-order valence-electron chi connectivity index (χ3n) is 4.53. The topological polar surface area (TPSA) is 110 Å². The number of urea groups is 1. The molecule has 0 saturated heterocycles. The summed E-state index contributed by atoms with van der Waals surface area (Å²) in [6, 6.07) is 9.60. The molecule has 3 amide bonds. The third-order valence-corrected chi connectivity index (χ3v) is 4.53. The molecule has 0 spiro atoms. The normalized spacial score (nSPS) is 10.5. The third kappa shape index (κ3) is 4.96. The van der Waals surface area contributed by atoms with E-state index in [0.29, 0.717) is 16.7 Å². The second-order valence-electron chi connectivity index (χ2n) is 6.99. The highest BCUT2D eigenvalue weighted by Crippen LogP contribution is 2.16. The first kappa shape index (κ1) is 20.9. The van der Waals surface area contributed by atoms with Crippen molar-refractivity contribution in [3.63, 3.8) is 0 Å². The Morgan fingerprint density at radius 2 is 1.60 bits per heavy atom. The van der Waals surface area contributed by atoms with E-state index in [4.69, 9.17) is 4.74 Å². The van der Waals surface area contributed by atoms with Crippen molar-refractivity contribution >= 4 is 34.6 Å². The highest BCUT2D eigenvalue weighted by molar-refractivity contribution is 6.02. The van der Waals surface area contributed by atoms with Crippen LogP contribution in [-0.2, 0) is 9.53 Å². The average Bonchev–Trinajstić information content (AvgIpc) is 2.69. The zero-order valence-corrected chi connectivity index (χ0v) is 17.2. The van der Waals surface area contributed by atoms with E-state index in [2.05, 4.69) is 20.6 Å². The van der Waals surface area contributed by atoms with Crippen LogP contribution in [0, 0.1) is 27.7 Å². The first-order valence-corrected chi connectivity index (χ1v) is 9.33. The number of nitrogens with zero attached hydrogens (tertiary/aromatic N) is 2. The van der Waals surface area contributed by atoms with Crippen LogP contribution in [-0.4, -0.2) is 34.5 Å². The summed E-state index contributed by atoms with van der Waals surface area (Å²) < 4.78 is 5.00. The van der Waals surface area contributed by atoms with Gasteiger partial charge in [-0.15, -0.1) is 0 Å². The van der Waals surface area contributed by atoms with E-state index in [1.807, 2.05) is 39.8 Å². The van der Waals surface area contributed by atoms with Crippen LogP contribution in [0.3, 0.4) is 0 Å². The Hall–Kier alpha value is -3.81.